The molecule has 0 spiro atoms. The van der Waals surface area contributed by atoms with Crippen LogP contribution >= 0.6 is 0 Å². The molecule has 0 aromatic carbocycles. The molecule has 3 aromatic rings. The fourth-order valence-corrected chi connectivity index (χ4v) is 3.64. The molecule has 0 unspecified atom stereocenters. The number of halogens is 3. The number of fused-ring (bicyclic) bond motifs is 1. The van der Waals surface area contributed by atoms with E-state index in [0.29, 0.717) is 48.7 Å². The number of aromatic nitrogens is 3. The highest BCUT2D eigenvalue weighted by Gasteiger charge is 2.26. The zero-order valence-corrected chi connectivity index (χ0v) is 16.3. The third-order valence-corrected chi connectivity index (χ3v) is 5.18. The normalized spacial score (nSPS) is 15.1. The highest BCUT2D eigenvalue weighted by molar-refractivity contribution is 5.95. The van der Waals surface area contributed by atoms with Gasteiger partial charge < -0.3 is 9.47 Å². The molecular weight excluding hydrogens is 399 g/mol. The van der Waals surface area contributed by atoms with Crippen LogP contribution < -0.4 is 4.74 Å². The van der Waals surface area contributed by atoms with E-state index < -0.39 is 23.9 Å². The third-order valence-electron chi connectivity index (χ3n) is 5.18. The number of carbonyl (C=O) groups excluding carboxylic acids is 1. The van der Waals surface area contributed by atoms with E-state index in [1.54, 1.807) is 6.07 Å². The van der Waals surface area contributed by atoms with Crippen LogP contribution in [-0.2, 0) is 11.2 Å². The number of ketones is 1. The molecule has 0 saturated carbocycles. The molecule has 6 nitrogen and oxygen atoms in total. The van der Waals surface area contributed by atoms with E-state index in [4.69, 9.17) is 9.47 Å². The Hall–Kier alpha value is -2.94. The molecule has 9 heteroatoms. The van der Waals surface area contributed by atoms with Gasteiger partial charge in [-0.25, -0.2) is 18.7 Å². The number of rotatable bonds is 6. The summed E-state index contributed by atoms with van der Waals surface area (Å²) >= 11 is 0. The minimum Gasteiger partial charge on any atom is -0.493 e. The van der Waals surface area contributed by atoms with Gasteiger partial charge in [-0.3, -0.25) is 9.20 Å². The zero-order valence-electron chi connectivity index (χ0n) is 16.3. The molecule has 0 aliphatic carbocycles. The largest absolute Gasteiger partial charge is 0.493 e. The fourth-order valence-electron chi connectivity index (χ4n) is 3.64. The number of ether oxygens (including phenoxy) is 2. The van der Waals surface area contributed by atoms with Crippen molar-refractivity contribution in [1.29, 1.82) is 0 Å². The number of alkyl halides is 2. The quantitative estimate of drug-likeness (QED) is 0.562. The summed E-state index contributed by atoms with van der Waals surface area (Å²) in [6.07, 6.45) is -0.0622. The summed E-state index contributed by atoms with van der Waals surface area (Å²) in [5.74, 6) is -0.673. The lowest BCUT2D eigenvalue weighted by atomic mass is 9.97. The first kappa shape index (κ1) is 20.3. The molecule has 0 N–H and O–H groups in total. The van der Waals surface area contributed by atoms with Crippen molar-refractivity contribution in [3.8, 4) is 5.75 Å². The number of methoxy groups -OCH3 is 1. The Morgan fingerprint density at radius 2 is 2.07 bits per heavy atom. The number of hydrogen-bond acceptors (Lipinski definition) is 5. The lowest BCUT2D eigenvalue weighted by molar-refractivity contribution is 0.0837. The van der Waals surface area contributed by atoms with Crippen molar-refractivity contribution in [1.82, 2.24) is 14.4 Å². The number of Topliss-reactive ketones (excluding diaryl/α,β-unsaturated/α-hetero) is 1. The smallest absolute Gasteiger partial charge is 0.280 e. The van der Waals surface area contributed by atoms with Gasteiger partial charge in [-0.05, 0) is 36.6 Å². The van der Waals surface area contributed by atoms with E-state index >= 15 is 4.39 Å². The Kier molecular flexibility index (Phi) is 5.72. The van der Waals surface area contributed by atoms with Crippen molar-refractivity contribution < 1.29 is 27.4 Å². The Labute approximate surface area is 170 Å². The first-order chi connectivity index (χ1) is 14.5. The molecule has 0 amide bonds. The van der Waals surface area contributed by atoms with Gasteiger partial charge in [0.2, 0.25) is 5.95 Å². The summed E-state index contributed by atoms with van der Waals surface area (Å²) in [6.45, 7) is 1.11. The molecule has 0 atom stereocenters. The molecular formula is C21H20F3N3O3. The summed E-state index contributed by atoms with van der Waals surface area (Å²) in [6, 6.07) is 5.51. The van der Waals surface area contributed by atoms with Crippen LogP contribution in [0.25, 0.3) is 5.65 Å². The van der Waals surface area contributed by atoms with Gasteiger partial charge in [-0.1, -0.05) is 6.07 Å². The lowest BCUT2D eigenvalue weighted by Crippen LogP contribution is -2.15. The van der Waals surface area contributed by atoms with E-state index in [-0.39, 0.29) is 18.0 Å². The van der Waals surface area contributed by atoms with Gasteiger partial charge in [-0.2, -0.15) is 4.39 Å². The Balaban J connectivity index is 1.67. The highest BCUT2D eigenvalue weighted by Crippen LogP contribution is 2.32. The number of carbonyl (C=O) groups is 1. The maximum atomic E-state index is 15.1. The Morgan fingerprint density at radius 3 is 2.77 bits per heavy atom. The van der Waals surface area contributed by atoms with Crippen molar-refractivity contribution in [3.63, 3.8) is 0 Å². The molecule has 1 aliphatic rings. The van der Waals surface area contributed by atoms with Gasteiger partial charge in [0.05, 0.1) is 12.8 Å². The Bertz CT molecular complexity index is 1080. The van der Waals surface area contributed by atoms with Crippen molar-refractivity contribution >= 4 is 11.4 Å². The van der Waals surface area contributed by atoms with Crippen LogP contribution in [0.1, 0.15) is 52.6 Å². The fraction of sp³-hybridized carbons (Fsp3) is 0.381. The predicted molar refractivity (Wildman–Crippen MR) is 102 cm³/mol. The van der Waals surface area contributed by atoms with E-state index in [1.165, 1.54) is 29.8 Å². The average Bonchev–Trinajstić information content (AvgIpc) is 3.10. The van der Waals surface area contributed by atoms with E-state index in [2.05, 4.69) is 9.97 Å². The molecule has 1 aliphatic heterocycles. The molecule has 1 fully saturated rings. The number of pyridine rings is 2. The van der Waals surface area contributed by atoms with E-state index in [1.807, 2.05) is 0 Å². The standard InChI is InChI=1S/C21H20F3N3O3/c1-29-17-10-12(9-16(28)14-3-2-4-15(25-14)19(22)23)11-27-20(24)18(26-21(17)27)13-5-7-30-8-6-13/h2-4,10-11,13,19H,5-9H2,1H3. The third kappa shape index (κ3) is 3.89. The first-order valence-electron chi connectivity index (χ1n) is 9.58. The predicted octanol–water partition coefficient (Wildman–Crippen LogP) is 4.13. The van der Waals surface area contributed by atoms with Gasteiger partial charge in [0, 0.05) is 31.7 Å². The SMILES string of the molecule is COc1cc(CC(=O)c2cccc(C(F)F)n2)cn2c(F)c(C3CCOCC3)nc12. The van der Waals surface area contributed by atoms with Gasteiger partial charge in [-0.15, -0.1) is 0 Å². The van der Waals surface area contributed by atoms with Gasteiger partial charge >= 0.3 is 0 Å². The topological polar surface area (TPSA) is 65.7 Å². The zero-order chi connectivity index (χ0) is 21.3. The first-order valence-corrected chi connectivity index (χ1v) is 9.58. The molecule has 158 valence electrons. The Morgan fingerprint density at radius 1 is 1.30 bits per heavy atom. The van der Waals surface area contributed by atoms with Crippen LogP contribution in [0, 0.1) is 5.95 Å². The number of hydrogen-bond donors (Lipinski definition) is 0. The van der Waals surface area contributed by atoms with Crippen LogP contribution in [0.15, 0.2) is 30.5 Å². The summed E-state index contributed by atoms with van der Waals surface area (Å²) < 4.78 is 52.8. The monoisotopic (exact) mass is 419 g/mol. The molecule has 1 saturated heterocycles. The van der Waals surface area contributed by atoms with E-state index in [0.717, 1.165) is 6.07 Å². The second-order valence-corrected chi connectivity index (χ2v) is 7.13. The van der Waals surface area contributed by atoms with Gasteiger partial charge in [0.1, 0.15) is 11.4 Å². The minimum atomic E-state index is -2.77. The van der Waals surface area contributed by atoms with Crippen molar-refractivity contribution in [3.05, 3.63) is 59.1 Å². The van der Waals surface area contributed by atoms with Crippen LogP contribution in [0.2, 0.25) is 0 Å². The van der Waals surface area contributed by atoms with Crippen LogP contribution in [0.4, 0.5) is 13.2 Å². The summed E-state index contributed by atoms with van der Waals surface area (Å²) in [5.41, 5.74) is 0.608. The maximum Gasteiger partial charge on any atom is 0.280 e. The molecule has 0 radical (unpaired) electrons. The lowest BCUT2D eigenvalue weighted by Gasteiger charge is -2.19. The molecule has 4 rings (SSSR count). The van der Waals surface area contributed by atoms with Crippen molar-refractivity contribution in [2.24, 2.45) is 0 Å². The second kappa shape index (κ2) is 8.43. The van der Waals surface area contributed by atoms with Crippen LogP contribution in [0.5, 0.6) is 5.75 Å². The van der Waals surface area contributed by atoms with Gasteiger partial charge in [0.15, 0.2) is 17.2 Å². The molecule has 3 aromatic heterocycles. The van der Waals surface area contributed by atoms with Crippen LogP contribution in [-0.4, -0.2) is 40.5 Å². The minimum absolute atomic E-state index is 0.0466. The second-order valence-electron chi connectivity index (χ2n) is 7.13. The van der Waals surface area contributed by atoms with Crippen molar-refractivity contribution in [2.75, 3.05) is 20.3 Å². The summed E-state index contributed by atoms with van der Waals surface area (Å²) in [5, 5.41) is 0. The summed E-state index contributed by atoms with van der Waals surface area (Å²) in [7, 11) is 1.44. The van der Waals surface area contributed by atoms with E-state index in [9.17, 15) is 13.6 Å². The van der Waals surface area contributed by atoms with Crippen LogP contribution in [0.3, 0.4) is 0 Å². The number of imidazole rings is 1. The maximum absolute atomic E-state index is 15.1. The molecule has 0 bridgehead atoms. The summed E-state index contributed by atoms with van der Waals surface area (Å²) in [4.78, 5) is 20.7. The highest BCUT2D eigenvalue weighted by atomic mass is 19.3. The molecule has 30 heavy (non-hydrogen) atoms. The molecule has 4 heterocycles. The van der Waals surface area contributed by atoms with Gasteiger partial charge in [0.25, 0.3) is 6.43 Å². The average molecular weight is 419 g/mol. The van der Waals surface area contributed by atoms with Crippen molar-refractivity contribution in [2.45, 2.75) is 31.6 Å². The number of nitrogens with zero attached hydrogens (tertiary/aromatic N) is 3.